The molecule has 1 N–H and O–H groups in total. The highest BCUT2D eigenvalue weighted by Crippen LogP contribution is 2.27. The number of nitrogens with one attached hydrogen (secondary N) is 1. The maximum absolute atomic E-state index is 12.4. The van der Waals surface area contributed by atoms with E-state index in [2.05, 4.69) is 62.6 Å². The van der Waals surface area contributed by atoms with Crippen molar-refractivity contribution >= 4 is 51.0 Å². The number of hydrogen-bond acceptors (Lipinski definition) is 5. The van der Waals surface area contributed by atoms with E-state index in [-0.39, 0.29) is 11.7 Å². The molecule has 0 fully saturated rings. The third-order valence-electron chi connectivity index (χ3n) is 4.74. The first kappa shape index (κ1) is 22.9. The van der Waals surface area contributed by atoms with Crippen LogP contribution in [0.1, 0.15) is 28.1 Å². The van der Waals surface area contributed by atoms with Crippen molar-refractivity contribution in [2.24, 2.45) is 7.05 Å². The van der Waals surface area contributed by atoms with E-state index in [0.717, 1.165) is 38.2 Å². The van der Waals surface area contributed by atoms with Gasteiger partial charge in [-0.2, -0.15) is 0 Å². The number of aryl methyl sites for hydroxylation is 3. The SMILES string of the molecule is Cc1ccc(CSCc2nnc(SCC(=O)Nc3cc(C)c(C)cc3Br)n2C)cc1. The Kier molecular flexibility index (Phi) is 8.02. The first-order chi connectivity index (χ1) is 14.3. The molecule has 1 heterocycles. The van der Waals surface area contributed by atoms with E-state index in [1.807, 2.05) is 37.6 Å². The second kappa shape index (κ2) is 10.5. The van der Waals surface area contributed by atoms with Gasteiger partial charge < -0.3 is 9.88 Å². The summed E-state index contributed by atoms with van der Waals surface area (Å²) in [6.45, 7) is 6.17. The van der Waals surface area contributed by atoms with Gasteiger partial charge in [0.25, 0.3) is 0 Å². The van der Waals surface area contributed by atoms with Gasteiger partial charge in [0.1, 0.15) is 5.82 Å². The molecule has 0 saturated carbocycles. The Hall–Kier alpha value is -1.77. The first-order valence-electron chi connectivity index (χ1n) is 9.54. The number of rotatable bonds is 8. The Balaban J connectivity index is 1.50. The fourth-order valence-corrected chi connectivity index (χ4v) is 4.99. The van der Waals surface area contributed by atoms with E-state index in [4.69, 9.17) is 0 Å². The zero-order chi connectivity index (χ0) is 21.7. The molecule has 3 aromatic rings. The van der Waals surface area contributed by atoms with Crippen LogP contribution in [-0.2, 0) is 23.3 Å². The Morgan fingerprint density at radius 2 is 1.77 bits per heavy atom. The minimum Gasteiger partial charge on any atom is -0.324 e. The average Bonchev–Trinajstić information content (AvgIpc) is 3.06. The first-order valence-corrected chi connectivity index (χ1v) is 12.5. The van der Waals surface area contributed by atoms with Crippen molar-refractivity contribution in [3.05, 3.63) is 68.9 Å². The summed E-state index contributed by atoms with van der Waals surface area (Å²) in [7, 11) is 1.95. The van der Waals surface area contributed by atoms with Crippen molar-refractivity contribution in [3.8, 4) is 0 Å². The van der Waals surface area contributed by atoms with Crippen LogP contribution >= 0.6 is 39.5 Å². The van der Waals surface area contributed by atoms with Crippen molar-refractivity contribution in [1.29, 1.82) is 0 Å². The summed E-state index contributed by atoms with van der Waals surface area (Å²) in [5, 5.41) is 12.2. The van der Waals surface area contributed by atoms with Crippen molar-refractivity contribution < 1.29 is 4.79 Å². The third kappa shape index (κ3) is 6.12. The van der Waals surface area contributed by atoms with E-state index >= 15 is 0 Å². The fourth-order valence-electron chi connectivity index (χ4n) is 2.73. The molecule has 0 saturated heterocycles. The smallest absolute Gasteiger partial charge is 0.234 e. The molecule has 0 spiro atoms. The molecule has 0 aliphatic rings. The lowest BCUT2D eigenvalue weighted by molar-refractivity contribution is -0.113. The van der Waals surface area contributed by atoms with E-state index < -0.39 is 0 Å². The van der Waals surface area contributed by atoms with Gasteiger partial charge in [-0.3, -0.25) is 4.79 Å². The monoisotopic (exact) mass is 504 g/mol. The van der Waals surface area contributed by atoms with Crippen LogP contribution in [0.25, 0.3) is 0 Å². The van der Waals surface area contributed by atoms with Gasteiger partial charge in [0, 0.05) is 17.3 Å². The summed E-state index contributed by atoms with van der Waals surface area (Å²) in [5.74, 6) is 2.83. The normalized spacial score (nSPS) is 11.0. The third-order valence-corrected chi connectivity index (χ3v) is 7.41. The highest BCUT2D eigenvalue weighted by Gasteiger charge is 2.13. The molecule has 3 rings (SSSR count). The van der Waals surface area contributed by atoms with E-state index in [9.17, 15) is 4.79 Å². The molecular formula is C22H25BrN4OS2. The lowest BCUT2D eigenvalue weighted by Gasteiger charge is -2.10. The number of hydrogen-bond donors (Lipinski definition) is 1. The summed E-state index contributed by atoms with van der Waals surface area (Å²) in [4.78, 5) is 12.4. The van der Waals surface area contributed by atoms with Gasteiger partial charge in [-0.25, -0.2) is 0 Å². The van der Waals surface area contributed by atoms with Crippen molar-refractivity contribution in [2.45, 2.75) is 37.4 Å². The maximum Gasteiger partial charge on any atom is 0.234 e. The molecule has 0 aliphatic heterocycles. The molecule has 1 aromatic heterocycles. The zero-order valence-electron chi connectivity index (χ0n) is 17.5. The molecule has 8 heteroatoms. The van der Waals surface area contributed by atoms with Crippen LogP contribution in [0, 0.1) is 20.8 Å². The molecule has 0 radical (unpaired) electrons. The summed E-state index contributed by atoms with van der Waals surface area (Å²) in [6, 6.07) is 12.6. The van der Waals surface area contributed by atoms with Crippen LogP contribution < -0.4 is 5.32 Å². The standard InChI is InChI=1S/C22H25BrN4OS2/c1-14-5-7-17(8-6-14)11-29-12-20-25-26-22(27(20)4)30-13-21(28)24-19-10-16(3)15(2)9-18(19)23/h5-10H,11-13H2,1-4H3,(H,24,28). The van der Waals surface area contributed by atoms with Gasteiger partial charge in [-0.1, -0.05) is 41.6 Å². The summed E-state index contributed by atoms with van der Waals surface area (Å²) < 4.78 is 2.85. The van der Waals surface area contributed by atoms with E-state index in [1.165, 1.54) is 28.5 Å². The molecule has 30 heavy (non-hydrogen) atoms. The predicted octanol–water partition coefficient (Wildman–Crippen LogP) is 5.67. The number of nitrogens with zero attached hydrogens (tertiary/aromatic N) is 3. The maximum atomic E-state index is 12.4. The second-order valence-electron chi connectivity index (χ2n) is 7.19. The molecule has 0 unspecified atom stereocenters. The predicted molar refractivity (Wildman–Crippen MR) is 130 cm³/mol. The highest BCUT2D eigenvalue weighted by atomic mass is 79.9. The van der Waals surface area contributed by atoms with Crippen LogP contribution in [0.2, 0.25) is 0 Å². The number of carbonyl (C=O) groups excluding carboxylic acids is 1. The molecule has 1 amide bonds. The fraction of sp³-hybridized carbons (Fsp3) is 0.318. The molecular weight excluding hydrogens is 480 g/mol. The van der Waals surface area contributed by atoms with Crippen LogP contribution in [0.3, 0.4) is 0 Å². The number of carbonyl (C=O) groups is 1. The van der Waals surface area contributed by atoms with Crippen LogP contribution in [0.4, 0.5) is 5.69 Å². The van der Waals surface area contributed by atoms with Gasteiger partial charge in [-0.05, 0) is 65.5 Å². The van der Waals surface area contributed by atoms with Gasteiger partial charge >= 0.3 is 0 Å². The quantitative estimate of drug-likeness (QED) is 0.400. The van der Waals surface area contributed by atoms with Gasteiger partial charge in [0.05, 0.1) is 17.2 Å². The number of anilines is 1. The number of aromatic nitrogens is 3. The largest absolute Gasteiger partial charge is 0.324 e. The minimum atomic E-state index is -0.0674. The van der Waals surface area contributed by atoms with Gasteiger partial charge in [-0.15, -0.1) is 22.0 Å². The lowest BCUT2D eigenvalue weighted by atomic mass is 10.1. The Labute approximate surface area is 194 Å². The number of halogens is 1. The average molecular weight is 506 g/mol. The van der Waals surface area contributed by atoms with Crippen LogP contribution in [0.5, 0.6) is 0 Å². The van der Waals surface area contributed by atoms with E-state index in [0.29, 0.717) is 0 Å². The summed E-state index contributed by atoms with van der Waals surface area (Å²) in [6.07, 6.45) is 0. The minimum absolute atomic E-state index is 0.0674. The van der Waals surface area contributed by atoms with Crippen molar-refractivity contribution in [1.82, 2.24) is 14.8 Å². The molecule has 0 bridgehead atoms. The Morgan fingerprint density at radius 3 is 2.50 bits per heavy atom. The van der Waals surface area contributed by atoms with Crippen LogP contribution in [-0.4, -0.2) is 26.4 Å². The van der Waals surface area contributed by atoms with Gasteiger partial charge in [0.15, 0.2) is 5.16 Å². The molecule has 158 valence electrons. The number of amides is 1. The number of benzene rings is 2. The molecule has 5 nitrogen and oxygen atoms in total. The number of thioether (sulfide) groups is 2. The lowest BCUT2D eigenvalue weighted by Crippen LogP contribution is -2.15. The molecule has 2 aromatic carbocycles. The van der Waals surface area contributed by atoms with Crippen molar-refractivity contribution in [2.75, 3.05) is 11.1 Å². The summed E-state index contributed by atoms with van der Waals surface area (Å²) in [5.41, 5.74) is 5.68. The van der Waals surface area contributed by atoms with E-state index in [1.54, 1.807) is 11.8 Å². The van der Waals surface area contributed by atoms with Crippen molar-refractivity contribution in [3.63, 3.8) is 0 Å². The molecule has 0 atom stereocenters. The second-order valence-corrected chi connectivity index (χ2v) is 9.97. The zero-order valence-corrected chi connectivity index (χ0v) is 20.7. The Bertz CT molecular complexity index is 1030. The van der Waals surface area contributed by atoms with Crippen LogP contribution in [0.15, 0.2) is 46.0 Å². The Morgan fingerprint density at radius 1 is 1.07 bits per heavy atom. The highest BCUT2D eigenvalue weighted by molar-refractivity contribution is 9.10. The molecule has 0 aliphatic carbocycles. The van der Waals surface area contributed by atoms with Gasteiger partial charge in [0.2, 0.25) is 5.91 Å². The summed E-state index contributed by atoms with van der Waals surface area (Å²) >= 11 is 6.71. The topological polar surface area (TPSA) is 59.8 Å².